The molecule has 0 bridgehead atoms. The van der Waals surface area contributed by atoms with Crippen molar-refractivity contribution in [3.63, 3.8) is 0 Å². The van der Waals surface area contributed by atoms with Crippen molar-refractivity contribution in [2.24, 2.45) is 0 Å². The van der Waals surface area contributed by atoms with Gasteiger partial charge in [0.2, 0.25) is 12.7 Å². The van der Waals surface area contributed by atoms with Gasteiger partial charge in [-0.05, 0) is 48.6 Å². The smallest absolute Gasteiger partial charge is 0.236 e. The lowest BCUT2D eigenvalue weighted by Crippen LogP contribution is -2.28. The molecule has 1 aliphatic carbocycles. The first-order valence-electron chi connectivity index (χ1n) is 11.4. The number of halogens is 2. The van der Waals surface area contributed by atoms with Crippen LogP contribution in [0.5, 0.6) is 11.5 Å². The maximum absolute atomic E-state index is 13.3. The quantitative estimate of drug-likeness (QED) is 0.474. The second-order valence-corrected chi connectivity index (χ2v) is 10.5. The van der Waals surface area contributed by atoms with Crippen molar-refractivity contribution >= 4 is 46.4 Å². The molecule has 2 aliphatic heterocycles. The zero-order chi connectivity index (χ0) is 23.3. The summed E-state index contributed by atoms with van der Waals surface area (Å²) in [5.41, 5.74) is 1.35. The number of ether oxygens (including phenoxy) is 2. The lowest BCUT2D eigenvalue weighted by Gasteiger charge is -2.27. The summed E-state index contributed by atoms with van der Waals surface area (Å²) in [6.45, 7) is 1.55. The number of benzene rings is 2. The first kappa shape index (κ1) is 24.3. The SMILES string of the molecule is Cl.O=C(Nc1ncc([C@@H](c2ccccc2Cl)N2CCC(O)C2)s1)C1(c2ccc3c(c2)OCO3)CC1. The lowest BCUT2D eigenvalue weighted by atomic mass is 9.94. The first-order valence-corrected chi connectivity index (χ1v) is 12.6. The molecule has 1 aromatic heterocycles. The third kappa shape index (κ3) is 4.49. The molecule has 3 heterocycles. The molecule has 6 rings (SSSR count). The Hall–Kier alpha value is -2.36. The number of aliphatic hydroxyl groups excluding tert-OH is 1. The van der Waals surface area contributed by atoms with E-state index in [1.54, 1.807) is 6.20 Å². The average molecular weight is 534 g/mol. The van der Waals surface area contributed by atoms with Gasteiger partial charge in [-0.3, -0.25) is 9.69 Å². The van der Waals surface area contributed by atoms with Crippen molar-refractivity contribution in [3.05, 3.63) is 69.7 Å². The van der Waals surface area contributed by atoms with Crippen molar-refractivity contribution in [2.45, 2.75) is 36.8 Å². The molecule has 2 aromatic carbocycles. The number of likely N-dealkylation sites (tertiary alicyclic amines) is 1. The van der Waals surface area contributed by atoms with Gasteiger partial charge in [0, 0.05) is 29.2 Å². The van der Waals surface area contributed by atoms with Crippen LogP contribution in [-0.4, -0.2) is 46.9 Å². The highest BCUT2D eigenvalue weighted by Crippen LogP contribution is 2.51. The third-order valence-electron chi connectivity index (χ3n) is 6.88. The number of fused-ring (bicyclic) bond motifs is 1. The number of aliphatic hydroxyl groups is 1. The van der Waals surface area contributed by atoms with Gasteiger partial charge < -0.3 is 19.9 Å². The monoisotopic (exact) mass is 533 g/mol. The molecule has 2 N–H and O–H groups in total. The van der Waals surface area contributed by atoms with Gasteiger partial charge in [0.05, 0.1) is 17.6 Å². The topological polar surface area (TPSA) is 83.9 Å². The van der Waals surface area contributed by atoms with E-state index in [9.17, 15) is 9.90 Å². The molecule has 35 heavy (non-hydrogen) atoms. The number of rotatable bonds is 6. The van der Waals surface area contributed by atoms with Crippen molar-refractivity contribution in [1.82, 2.24) is 9.88 Å². The number of nitrogens with one attached hydrogen (secondary N) is 1. The predicted molar refractivity (Wildman–Crippen MR) is 137 cm³/mol. The molecule has 1 saturated heterocycles. The zero-order valence-electron chi connectivity index (χ0n) is 18.8. The highest BCUT2D eigenvalue weighted by Gasteiger charge is 2.52. The van der Waals surface area contributed by atoms with Crippen molar-refractivity contribution in [3.8, 4) is 11.5 Å². The fourth-order valence-electron chi connectivity index (χ4n) is 4.88. The minimum absolute atomic E-state index is 0. The Morgan fingerprint density at radius 3 is 2.77 bits per heavy atom. The maximum atomic E-state index is 13.3. The number of aromatic nitrogens is 1. The number of thiazole rings is 1. The van der Waals surface area contributed by atoms with Crippen LogP contribution in [0.2, 0.25) is 5.02 Å². The Kier molecular flexibility index (Phi) is 6.67. The van der Waals surface area contributed by atoms with Crippen LogP contribution < -0.4 is 14.8 Å². The molecule has 0 radical (unpaired) electrons. The number of anilines is 1. The average Bonchev–Trinajstić information content (AvgIpc) is 3.13. The number of hydrogen-bond acceptors (Lipinski definition) is 7. The Morgan fingerprint density at radius 2 is 2.03 bits per heavy atom. The van der Waals surface area contributed by atoms with Gasteiger partial charge in [-0.25, -0.2) is 4.98 Å². The summed E-state index contributed by atoms with van der Waals surface area (Å²) in [5.74, 6) is 1.34. The minimum Gasteiger partial charge on any atom is -0.454 e. The van der Waals surface area contributed by atoms with Gasteiger partial charge >= 0.3 is 0 Å². The molecule has 1 amide bonds. The van der Waals surface area contributed by atoms with E-state index in [-0.39, 0.29) is 37.3 Å². The van der Waals surface area contributed by atoms with Gasteiger partial charge in [0.1, 0.15) is 0 Å². The van der Waals surface area contributed by atoms with E-state index in [1.165, 1.54) is 11.3 Å². The highest BCUT2D eigenvalue weighted by atomic mass is 35.5. The van der Waals surface area contributed by atoms with E-state index in [2.05, 4.69) is 15.2 Å². The van der Waals surface area contributed by atoms with E-state index in [0.717, 1.165) is 41.8 Å². The van der Waals surface area contributed by atoms with E-state index >= 15 is 0 Å². The van der Waals surface area contributed by atoms with E-state index in [1.807, 2.05) is 42.5 Å². The van der Waals surface area contributed by atoms with Gasteiger partial charge in [0.25, 0.3) is 0 Å². The molecule has 2 fully saturated rings. The van der Waals surface area contributed by atoms with Gasteiger partial charge in [-0.2, -0.15) is 0 Å². The lowest BCUT2D eigenvalue weighted by molar-refractivity contribution is -0.118. The molecule has 1 unspecified atom stereocenters. The molecule has 7 nitrogen and oxygen atoms in total. The predicted octanol–water partition coefficient (Wildman–Crippen LogP) is 4.77. The van der Waals surface area contributed by atoms with E-state index < -0.39 is 5.41 Å². The summed E-state index contributed by atoms with van der Waals surface area (Å²) in [4.78, 5) is 21.0. The summed E-state index contributed by atoms with van der Waals surface area (Å²) in [6.07, 6.45) is 3.74. The van der Waals surface area contributed by atoms with Crippen LogP contribution in [0.15, 0.2) is 48.7 Å². The molecule has 1 saturated carbocycles. The Labute approximate surface area is 218 Å². The minimum atomic E-state index is -0.561. The summed E-state index contributed by atoms with van der Waals surface area (Å²) < 4.78 is 10.9. The van der Waals surface area contributed by atoms with Crippen molar-refractivity contribution in [2.75, 3.05) is 25.2 Å². The molecule has 3 aromatic rings. The largest absolute Gasteiger partial charge is 0.454 e. The second-order valence-electron chi connectivity index (χ2n) is 9.03. The van der Waals surface area contributed by atoms with Crippen LogP contribution in [0, 0.1) is 0 Å². The number of amides is 1. The molecule has 2 atom stereocenters. The van der Waals surface area contributed by atoms with E-state index in [4.69, 9.17) is 21.1 Å². The van der Waals surface area contributed by atoms with Crippen LogP contribution in [-0.2, 0) is 10.2 Å². The number of β-amino-alcohol motifs (C(OH)–C–C–N with tert-alkyl or cyclic N) is 1. The highest BCUT2D eigenvalue weighted by molar-refractivity contribution is 7.15. The van der Waals surface area contributed by atoms with Crippen molar-refractivity contribution < 1.29 is 19.4 Å². The van der Waals surface area contributed by atoms with Gasteiger partial charge in [0.15, 0.2) is 16.6 Å². The standard InChI is InChI=1S/C25H24ClN3O4S.ClH/c26-18-4-2-1-3-17(18)22(29-10-7-16(30)13-29)21-12-27-24(34-21)28-23(31)25(8-9-25)15-5-6-19-20(11-15)33-14-32-19;/h1-6,11-12,16,22,30H,7-10,13-14H2,(H,27,28,31);1H/t16?,22-;/m1./s1. The molecule has 184 valence electrons. The summed E-state index contributed by atoms with van der Waals surface area (Å²) in [5, 5.41) is 14.4. The van der Waals surface area contributed by atoms with Crippen LogP contribution in [0.3, 0.4) is 0 Å². The Bertz CT molecular complexity index is 1250. The number of carbonyl (C=O) groups is 1. The third-order valence-corrected chi connectivity index (χ3v) is 8.19. The Balaban J connectivity index is 0.00000253. The van der Waals surface area contributed by atoms with Gasteiger partial charge in [-0.15, -0.1) is 12.4 Å². The normalized spacial score (nSPS) is 20.8. The maximum Gasteiger partial charge on any atom is 0.236 e. The van der Waals surface area contributed by atoms with Crippen LogP contribution >= 0.6 is 35.3 Å². The number of carbonyl (C=O) groups excluding carboxylic acids is 1. The summed E-state index contributed by atoms with van der Waals surface area (Å²) in [7, 11) is 0. The summed E-state index contributed by atoms with van der Waals surface area (Å²) >= 11 is 8.01. The van der Waals surface area contributed by atoms with Crippen LogP contribution in [0.4, 0.5) is 5.13 Å². The fraction of sp³-hybridized carbons (Fsp3) is 0.360. The fourth-order valence-corrected chi connectivity index (χ4v) is 6.09. The molecule has 10 heteroatoms. The Morgan fingerprint density at radius 1 is 1.23 bits per heavy atom. The number of nitrogens with zero attached hydrogens (tertiary/aromatic N) is 2. The van der Waals surface area contributed by atoms with Crippen LogP contribution in [0.25, 0.3) is 0 Å². The van der Waals surface area contributed by atoms with Crippen LogP contribution in [0.1, 0.15) is 41.3 Å². The molecule has 0 spiro atoms. The van der Waals surface area contributed by atoms with Crippen molar-refractivity contribution in [1.29, 1.82) is 0 Å². The summed E-state index contributed by atoms with van der Waals surface area (Å²) in [6, 6.07) is 13.4. The number of hydrogen-bond donors (Lipinski definition) is 2. The first-order chi connectivity index (χ1) is 16.5. The molecular weight excluding hydrogens is 509 g/mol. The van der Waals surface area contributed by atoms with E-state index in [0.29, 0.717) is 28.2 Å². The zero-order valence-corrected chi connectivity index (χ0v) is 21.2. The second kappa shape index (κ2) is 9.59. The molecular formula is C25H25Cl2N3O4S. The molecule has 3 aliphatic rings. The van der Waals surface area contributed by atoms with Gasteiger partial charge in [-0.1, -0.05) is 47.2 Å².